The van der Waals surface area contributed by atoms with Crippen molar-refractivity contribution in [1.29, 1.82) is 0 Å². The second-order valence-electron chi connectivity index (χ2n) is 3.67. The van der Waals surface area contributed by atoms with Gasteiger partial charge in [0.15, 0.2) is 0 Å². The summed E-state index contributed by atoms with van der Waals surface area (Å²) in [5, 5.41) is 2.23. The van der Waals surface area contributed by atoms with Gasteiger partial charge in [0, 0.05) is 18.0 Å². The topological polar surface area (TPSA) is 68.0 Å². The lowest BCUT2D eigenvalue weighted by molar-refractivity contribution is 0.102. The number of nitrogens with one attached hydrogen (secondary N) is 1. The lowest BCUT2D eigenvalue weighted by Gasteiger charge is -2.07. The number of carbonyl (C=O) groups is 1. The molecule has 0 saturated heterocycles. The Morgan fingerprint density at radius 3 is 2.68 bits per heavy atom. The quantitative estimate of drug-likeness (QED) is 0.833. The van der Waals surface area contributed by atoms with Gasteiger partial charge in [-0.1, -0.05) is 0 Å². The molecule has 3 N–H and O–H groups in total. The number of hydrogen-bond acceptors (Lipinski definition) is 3. The second-order valence-corrected chi connectivity index (χ2v) is 4.53. The highest BCUT2D eigenvalue weighted by Gasteiger charge is 2.13. The van der Waals surface area contributed by atoms with E-state index in [1.807, 2.05) is 0 Å². The average Bonchev–Trinajstić information content (AvgIpc) is 2.36. The molecule has 0 aliphatic rings. The third kappa shape index (κ3) is 3.05. The van der Waals surface area contributed by atoms with Gasteiger partial charge in [-0.25, -0.2) is 8.78 Å². The van der Waals surface area contributed by atoms with Gasteiger partial charge in [0.25, 0.3) is 5.91 Å². The molecule has 1 aromatic carbocycles. The Kier molecular flexibility index (Phi) is 3.75. The molecule has 0 unspecified atom stereocenters. The van der Waals surface area contributed by atoms with Crippen molar-refractivity contribution in [3.05, 3.63) is 52.3 Å². The first kappa shape index (κ1) is 13.4. The number of aromatic nitrogens is 1. The molecule has 0 bridgehead atoms. The van der Waals surface area contributed by atoms with Gasteiger partial charge in [-0.3, -0.25) is 9.78 Å². The van der Waals surface area contributed by atoms with Crippen LogP contribution in [0.1, 0.15) is 10.5 Å². The van der Waals surface area contributed by atoms with E-state index in [4.69, 9.17) is 5.73 Å². The molecule has 0 spiro atoms. The zero-order valence-corrected chi connectivity index (χ0v) is 11.0. The van der Waals surface area contributed by atoms with E-state index < -0.39 is 17.5 Å². The molecule has 0 fully saturated rings. The summed E-state index contributed by atoms with van der Waals surface area (Å²) in [6, 6.07) is 4.65. The maximum absolute atomic E-state index is 13.5. The van der Waals surface area contributed by atoms with Gasteiger partial charge in [0.05, 0.1) is 10.2 Å². The SMILES string of the molecule is Nc1ccnc(C(=O)Nc2cc(F)c(Br)cc2F)c1. The molecule has 2 rings (SSSR count). The summed E-state index contributed by atoms with van der Waals surface area (Å²) in [6.45, 7) is 0. The molecule has 0 radical (unpaired) electrons. The lowest BCUT2D eigenvalue weighted by atomic mass is 10.2. The van der Waals surface area contributed by atoms with Crippen molar-refractivity contribution >= 4 is 33.2 Å². The molecular weight excluding hydrogens is 320 g/mol. The van der Waals surface area contributed by atoms with Crippen LogP contribution in [0.2, 0.25) is 0 Å². The molecule has 98 valence electrons. The number of hydrogen-bond donors (Lipinski definition) is 2. The minimum atomic E-state index is -0.759. The fourth-order valence-corrected chi connectivity index (χ4v) is 1.69. The molecule has 0 aliphatic carbocycles. The number of benzene rings is 1. The van der Waals surface area contributed by atoms with E-state index in [9.17, 15) is 13.6 Å². The van der Waals surface area contributed by atoms with Crippen molar-refractivity contribution < 1.29 is 13.6 Å². The maximum atomic E-state index is 13.5. The van der Waals surface area contributed by atoms with Gasteiger partial charge in [-0.05, 0) is 34.1 Å². The number of halogens is 3. The standard InChI is InChI=1S/C12H8BrF2N3O/c13-7-4-9(15)10(5-8(7)14)18-12(19)11-3-6(16)1-2-17-11/h1-5H,(H2,16,17)(H,18,19). The molecule has 7 heteroatoms. The van der Waals surface area contributed by atoms with Gasteiger partial charge in [0.1, 0.15) is 17.3 Å². The first-order valence-corrected chi connectivity index (χ1v) is 5.94. The summed E-state index contributed by atoms with van der Waals surface area (Å²) in [5.74, 6) is -2.12. The number of nitrogens with zero attached hydrogens (tertiary/aromatic N) is 1. The van der Waals surface area contributed by atoms with Crippen LogP contribution >= 0.6 is 15.9 Å². The third-order valence-corrected chi connectivity index (χ3v) is 2.88. The zero-order chi connectivity index (χ0) is 14.0. The molecule has 0 aliphatic heterocycles. The molecule has 0 atom stereocenters. The van der Waals surface area contributed by atoms with Crippen molar-refractivity contribution in [3.8, 4) is 0 Å². The second kappa shape index (κ2) is 5.31. The van der Waals surface area contributed by atoms with Crippen LogP contribution in [0.25, 0.3) is 0 Å². The highest BCUT2D eigenvalue weighted by Crippen LogP contribution is 2.23. The molecule has 1 amide bonds. The van der Waals surface area contributed by atoms with Crippen LogP contribution in [-0.2, 0) is 0 Å². The minimum absolute atomic E-state index is 0.0164. The van der Waals surface area contributed by atoms with Gasteiger partial charge in [-0.15, -0.1) is 0 Å². The zero-order valence-electron chi connectivity index (χ0n) is 9.45. The number of carbonyl (C=O) groups excluding carboxylic acids is 1. The van der Waals surface area contributed by atoms with E-state index in [2.05, 4.69) is 26.2 Å². The molecule has 1 aromatic heterocycles. The van der Waals surface area contributed by atoms with Crippen molar-refractivity contribution in [2.75, 3.05) is 11.1 Å². The van der Waals surface area contributed by atoms with Crippen LogP contribution in [0.4, 0.5) is 20.2 Å². The van der Waals surface area contributed by atoms with Gasteiger partial charge in [0.2, 0.25) is 0 Å². The average molecular weight is 328 g/mol. The van der Waals surface area contributed by atoms with E-state index in [-0.39, 0.29) is 15.9 Å². The van der Waals surface area contributed by atoms with Crippen LogP contribution < -0.4 is 11.1 Å². The van der Waals surface area contributed by atoms with Crippen LogP contribution in [0, 0.1) is 11.6 Å². The summed E-state index contributed by atoms with van der Waals surface area (Å²) < 4.78 is 26.8. The van der Waals surface area contributed by atoms with Crippen LogP contribution in [-0.4, -0.2) is 10.9 Å². The highest BCUT2D eigenvalue weighted by molar-refractivity contribution is 9.10. The first-order valence-electron chi connectivity index (χ1n) is 5.15. The Labute approximate surface area is 115 Å². The summed E-state index contributed by atoms with van der Waals surface area (Å²) >= 11 is 2.84. The number of anilines is 2. The van der Waals surface area contributed by atoms with E-state index in [0.29, 0.717) is 5.69 Å². The van der Waals surface area contributed by atoms with Crippen LogP contribution in [0.3, 0.4) is 0 Å². The fourth-order valence-electron chi connectivity index (χ4n) is 1.38. The number of amides is 1. The molecule has 1 heterocycles. The predicted octanol–water partition coefficient (Wildman–Crippen LogP) is 2.96. The Balaban J connectivity index is 2.27. The molecule has 0 saturated carbocycles. The fraction of sp³-hybridized carbons (Fsp3) is 0. The van der Waals surface area contributed by atoms with Crippen molar-refractivity contribution in [3.63, 3.8) is 0 Å². The Hall–Kier alpha value is -2.02. The Bertz CT molecular complexity index is 649. The van der Waals surface area contributed by atoms with Crippen molar-refractivity contribution in [2.24, 2.45) is 0 Å². The number of nitrogens with two attached hydrogens (primary N) is 1. The van der Waals surface area contributed by atoms with E-state index >= 15 is 0 Å². The third-order valence-electron chi connectivity index (χ3n) is 2.27. The van der Waals surface area contributed by atoms with Crippen molar-refractivity contribution in [1.82, 2.24) is 4.98 Å². The Morgan fingerprint density at radius 1 is 1.26 bits per heavy atom. The molecule has 19 heavy (non-hydrogen) atoms. The monoisotopic (exact) mass is 327 g/mol. The smallest absolute Gasteiger partial charge is 0.274 e. The summed E-state index contributed by atoms with van der Waals surface area (Å²) in [4.78, 5) is 15.6. The van der Waals surface area contributed by atoms with E-state index in [1.165, 1.54) is 18.3 Å². The number of pyridine rings is 1. The van der Waals surface area contributed by atoms with E-state index in [0.717, 1.165) is 12.1 Å². The number of nitrogen functional groups attached to an aromatic ring is 1. The molecule has 4 nitrogen and oxygen atoms in total. The largest absolute Gasteiger partial charge is 0.399 e. The highest BCUT2D eigenvalue weighted by atomic mass is 79.9. The van der Waals surface area contributed by atoms with Gasteiger partial charge >= 0.3 is 0 Å². The van der Waals surface area contributed by atoms with E-state index in [1.54, 1.807) is 0 Å². The first-order chi connectivity index (χ1) is 8.97. The molecule has 2 aromatic rings. The predicted molar refractivity (Wildman–Crippen MR) is 70.7 cm³/mol. The number of rotatable bonds is 2. The van der Waals surface area contributed by atoms with Gasteiger partial charge < -0.3 is 11.1 Å². The minimum Gasteiger partial charge on any atom is -0.399 e. The van der Waals surface area contributed by atoms with Gasteiger partial charge in [-0.2, -0.15) is 0 Å². The Morgan fingerprint density at radius 2 is 2.00 bits per heavy atom. The summed E-state index contributed by atoms with van der Waals surface area (Å²) in [5.41, 5.74) is 5.60. The lowest BCUT2D eigenvalue weighted by Crippen LogP contribution is -2.15. The normalized spacial score (nSPS) is 10.3. The summed E-state index contributed by atoms with van der Waals surface area (Å²) in [6.07, 6.45) is 1.35. The van der Waals surface area contributed by atoms with Crippen molar-refractivity contribution in [2.45, 2.75) is 0 Å². The van der Waals surface area contributed by atoms with Crippen LogP contribution in [0.5, 0.6) is 0 Å². The summed E-state index contributed by atoms with van der Waals surface area (Å²) in [7, 11) is 0. The molecular formula is C12H8BrF2N3O. The van der Waals surface area contributed by atoms with Crippen LogP contribution in [0.15, 0.2) is 34.9 Å². The maximum Gasteiger partial charge on any atom is 0.274 e.